The Morgan fingerprint density at radius 2 is 1.65 bits per heavy atom. The first-order valence-corrected chi connectivity index (χ1v) is 16.9. The van der Waals surface area contributed by atoms with E-state index in [2.05, 4.69) is 27.3 Å². The number of nitrogens with two attached hydrogens (primary N) is 1. The summed E-state index contributed by atoms with van der Waals surface area (Å²) in [6, 6.07) is 34.2. The van der Waals surface area contributed by atoms with Crippen LogP contribution in [0.25, 0.3) is 10.9 Å². The second kappa shape index (κ2) is 15.5. The lowest BCUT2D eigenvalue weighted by atomic mass is 9.64. The number of aliphatic hydroxyl groups excluding tert-OH is 1. The van der Waals surface area contributed by atoms with Gasteiger partial charge in [-0.2, -0.15) is 0 Å². The highest BCUT2D eigenvalue weighted by Crippen LogP contribution is 2.43. The first-order chi connectivity index (χ1) is 23.9. The van der Waals surface area contributed by atoms with Gasteiger partial charge in [-0.3, -0.25) is 9.59 Å². The number of aromatic amines is 1. The lowest BCUT2D eigenvalue weighted by Crippen LogP contribution is -2.49. The number of nitrogens with zero attached hydrogens (tertiary/aromatic N) is 1. The fourth-order valence-electron chi connectivity index (χ4n) is 7.28. The Kier molecular flexibility index (Phi) is 10.7. The van der Waals surface area contributed by atoms with Crippen molar-refractivity contribution in [2.75, 3.05) is 39.3 Å². The van der Waals surface area contributed by atoms with E-state index in [-0.39, 0.29) is 23.1 Å². The largest absolute Gasteiger partial charge is 0.506 e. The second-order valence-corrected chi connectivity index (χ2v) is 12.8. The Bertz CT molecular complexity index is 1860. The number of fused-ring (bicyclic) bond motifs is 1. The number of primary amides is 1. The molecule has 0 aliphatic carbocycles. The van der Waals surface area contributed by atoms with E-state index in [1.54, 1.807) is 12.1 Å². The summed E-state index contributed by atoms with van der Waals surface area (Å²) >= 11 is 0. The van der Waals surface area contributed by atoms with Gasteiger partial charge in [0.05, 0.1) is 18.2 Å². The molecule has 0 saturated carbocycles. The predicted octanol–water partition coefficient (Wildman–Crippen LogP) is 4.66. The van der Waals surface area contributed by atoms with Crippen LogP contribution in [-0.2, 0) is 16.6 Å². The molecule has 9 nitrogen and oxygen atoms in total. The summed E-state index contributed by atoms with van der Waals surface area (Å²) in [5.41, 5.74) is 9.07. The molecule has 5 aromatic rings. The molecule has 6 N–H and O–H groups in total. The number of amides is 1. The summed E-state index contributed by atoms with van der Waals surface area (Å²) in [6.07, 6.45) is 1.74. The van der Waals surface area contributed by atoms with Gasteiger partial charge in [0.15, 0.2) is 0 Å². The molecule has 4 aromatic carbocycles. The minimum Gasteiger partial charge on any atom is -0.506 e. The zero-order valence-electron chi connectivity index (χ0n) is 27.6. The number of carbonyl (C=O) groups is 1. The van der Waals surface area contributed by atoms with Gasteiger partial charge in [-0.05, 0) is 84.8 Å². The number of phenolic OH excluding ortho intramolecular Hbond substituents is 1. The van der Waals surface area contributed by atoms with E-state index >= 15 is 0 Å². The number of hydrogen-bond donors (Lipinski definition) is 5. The van der Waals surface area contributed by atoms with Gasteiger partial charge < -0.3 is 35.9 Å². The van der Waals surface area contributed by atoms with Crippen LogP contribution in [0.5, 0.6) is 11.5 Å². The fraction of sp³-hybridized carbons (Fsp3) is 0.300. The average molecular weight is 661 g/mol. The zero-order valence-corrected chi connectivity index (χ0v) is 27.6. The van der Waals surface area contributed by atoms with Gasteiger partial charge in [0.1, 0.15) is 16.9 Å². The highest BCUT2D eigenvalue weighted by molar-refractivity contribution is 5.91. The summed E-state index contributed by atoms with van der Waals surface area (Å²) < 4.78 is 6.06. The van der Waals surface area contributed by atoms with Gasteiger partial charge in [0.25, 0.3) is 0 Å². The number of aromatic hydroxyl groups is 1. The van der Waals surface area contributed by atoms with Gasteiger partial charge >= 0.3 is 0 Å². The van der Waals surface area contributed by atoms with Gasteiger partial charge in [-0.25, -0.2) is 0 Å². The molecule has 254 valence electrons. The Morgan fingerprint density at radius 1 is 0.959 bits per heavy atom. The zero-order chi connectivity index (χ0) is 34.2. The number of aliphatic hydroxyl groups is 1. The summed E-state index contributed by atoms with van der Waals surface area (Å²) in [6.45, 7) is 4.18. The number of ether oxygens (including phenoxy) is 1. The SMILES string of the molecule is NC(=O)C(c1ccccc1)(c1ccccc1)C1CCN(CCCOc2ccc(CCNCC(O)c3ccc(O)c4[nH]c(=O)ccc34)cc2)C1. The molecule has 1 saturated heterocycles. The Hall–Kier alpha value is -4.96. The number of aromatic nitrogens is 1. The van der Waals surface area contributed by atoms with Crippen LogP contribution >= 0.6 is 0 Å². The minimum absolute atomic E-state index is 0.0277. The molecule has 0 radical (unpaired) electrons. The molecule has 1 aliphatic rings. The van der Waals surface area contributed by atoms with Crippen molar-refractivity contribution in [3.05, 3.63) is 142 Å². The number of hydrogen-bond acceptors (Lipinski definition) is 7. The van der Waals surface area contributed by atoms with Crippen LogP contribution in [0.15, 0.2) is 114 Å². The number of likely N-dealkylation sites (tertiary alicyclic amines) is 1. The topological polar surface area (TPSA) is 141 Å². The molecule has 2 atom stereocenters. The minimum atomic E-state index is -0.880. The van der Waals surface area contributed by atoms with E-state index in [0.717, 1.165) is 61.3 Å². The maximum atomic E-state index is 13.3. The molecule has 9 heteroatoms. The number of rotatable bonds is 15. The van der Waals surface area contributed by atoms with Crippen molar-refractivity contribution in [3.63, 3.8) is 0 Å². The number of carbonyl (C=O) groups excluding carboxylic acids is 1. The van der Waals surface area contributed by atoms with Crippen molar-refractivity contribution < 1.29 is 19.7 Å². The molecule has 1 aliphatic heterocycles. The molecule has 0 bridgehead atoms. The highest BCUT2D eigenvalue weighted by Gasteiger charge is 2.49. The van der Waals surface area contributed by atoms with Crippen molar-refractivity contribution in [1.29, 1.82) is 0 Å². The van der Waals surface area contributed by atoms with Crippen molar-refractivity contribution in [1.82, 2.24) is 15.2 Å². The van der Waals surface area contributed by atoms with Crippen molar-refractivity contribution in [2.24, 2.45) is 11.7 Å². The van der Waals surface area contributed by atoms with Crippen molar-refractivity contribution in [2.45, 2.75) is 30.8 Å². The van der Waals surface area contributed by atoms with E-state index in [9.17, 15) is 19.8 Å². The normalized spacial score (nSPS) is 15.7. The third-order valence-electron chi connectivity index (χ3n) is 9.74. The van der Waals surface area contributed by atoms with Gasteiger partial charge in [0.2, 0.25) is 11.5 Å². The molecular weight excluding hydrogens is 616 g/mol. The molecule has 2 unspecified atom stereocenters. The number of pyridine rings is 1. The van der Waals surface area contributed by atoms with E-state index in [4.69, 9.17) is 10.5 Å². The molecular formula is C40H44N4O5. The molecule has 6 rings (SSSR count). The first-order valence-electron chi connectivity index (χ1n) is 16.9. The lowest BCUT2D eigenvalue weighted by molar-refractivity contribution is -0.123. The standard InChI is InChI=1S/C40H44N4O5/c41-39(48)40(29-8-3-1-4-9-29,30-10-5-2-6-11-30)31-21-24-44(27-31)23-7-25-49-32-14-12-28(13-15-32)20-22-42-26-36(46)33-16-18-35(45)38-34(33)17-19-37(47)43-38/h1-6,8-19,31,36,42,45-46H,7,20-27H2,(H2,41,48)(H,43,47). The van der Waals surface area contributed by atoms with E-state index < -0.39 is 11.5 Å². The van der Waals surface area contributed by atoms with E-state index in [1.807, 2.05) is 72.8 Å². The van der Waals surface area contributed by atoms with E-state index in [0.29, 0.717) is 36.2 Å². The molecule has 2 heterocycles. The fourth-order valence-corrected chi connectivity index (χ4v) is 7.28. The van der Waals surface area contributed by atoms with Crippen LogP contribution in [-0.4, -0.2) is 65.3 Å². The van der Waals surface area contributed by atoms with Gasteiger partial charge in [-0.1, -0.05) is 78.9 Å². The molecule has 0 spiro atoms. The summed E-state index contributed by atoms with van der Waals surface area (Å²) in [4.78, 5) is 30.0. The average Bonchev–Trinajstić information content (AvgIpc) is 3.59. The Balaban J connectivity index is 0.950. The van der Waals surface area contributed by atoms with Crippen LogP contribution < -0.4 is 21.3 Å². The van der Waals surface area contributed by atoms with Gasteiger partial charge in [-0.15, -0.1) is 0 Å². The quantitative estimate of drug-likeness (QED) is 0.103. The number of nitrogens with one attached hydrogen (secondary N) is 2. The summed E-state index contributed by atoms with van der Waals surface area (Å²) in [5.74, 6) is 0.560. The van der Waals surface area contributed by atoms with Crippen molar-refractivity contribution >= 4 is 16.8 Å². The molecule has 1 aromatic heterocycles. The maximum absolute atomic E-state index is 13.3. The van der Waals surface area contributed by atoms with Crippen LogP contribution in [0.1, 0.15) is 41.2 Å². The van der Waals surface area contributed by atoms with Crippen LogP contribution in [0.4, 0.5) is 0 Å². The van der Waals surface area contributed by atoms with Gasteiger partial charge in [0, 0.05) is 31.1 Å². The number of H-pyrrole nitrogens is 1. The number of phenols is 1. The monoisotopic (exact) mass is 660 g/mol. The molecule has 1 fully saturated rings. The molecule has 49 heavy (non-hydrogen) atoms. The maximum Gasteiger partial charge on any atom is 0.248 e. The van der Waals surface area contributed by atoms with Crippen LogP contribution in [0, 0.1) is 5.92 Å². The predicted molar refractivity (Wildman–Crippen MR) is 192 cm³/mol. The highest BCUT2D eigenvalue weighted by atomic mass is 16.5. The third kappa shape index (κ3) is 7.54. The van der Waals surface area contributed by atoms with Crippen LogP contribution in [0.2, 0.25) is 0 Å². The second-order valence-electron chi connectivity index (χ2n) is 12.8. The Labute approximate surface area is 286 Å². The first kappa shape index (κ1) is 33.9. The molecule has 1 amide bonds. The van der Waals surface area contributed by atoms with Crippen molar-refractivity contribution in [3.8, 4) is 11.5 Å². The third-order valence-corrected chi connectivity index (χ3v) is 9.74. The summed E-state index contributed by atoms with van der Waals surface area (Å²) in [7, 11) is 0. The van der Waals surface area contributed by atoms with Crippen LogP contribution in [0.3, 0.4) is 0 Å². The summed E-state index contributed by atoms with van der Waals surface area (Å²) in [5, 5.41) is 24.8. The lowest BCUT2D eigenvalue weighted by Gasteiger charge is -2.37. The Morgan fingerprint density at radius 3 is 2.33 bits per heavy atom. The smallest absolute Gasteiger partial charge is 0.248 e. The van der Waals surface area contributed by atoms with E-state index in [1.165, 1.54) is 12.1 Å². The number of benzene rings is 4.